The van der Waals surface area contributed by atoms with Gasteiger partial charge in [-0.25, -0.2) is 4.98 Å². The molecule has 2 aromatic rings. The number of aromatic nitrogens is 2. The highest BCUT2D eigenvalue weighted by molar-refractivity contribution is 7.86. The van der Waals surface area contributed by atoms with Gasteiger partial charge in [0.05, 0.1) is 18.1 Å². The molecule has 0 aliphatic carbocycles. The highest BCUT2D eigenvalue weighted by Crippen LogP contribution is 2.30. The number of hydrogen-bond acceptors (Lipinski definition) is 4. The lowest BCUT2D eigenvalue weighted by Crippen LogP contribution is -2.33. The summed E-state index contributed by atoms with van der Waals surface area (Å²) in [4.78, 5) is 18.1. The molecule has 1 aliphatic rings. The van der Waals surface area contributed by atoms with Crippen LogP contribution in [0.4, 0.5) is 3.89 Å². The number of hydrogen-bond donors (Lipinski definition) is 0. The van der Waals surface area contributed by atoms with Crippen LogP contribution in [0.2, 0.25) is 0 Å². The van der Waals surface area contributed by atoms with Crippen LogP contribution in [0.1, 0.15) is 18.0 Å². The molecule has 1 saturated heterocycles. The smallest absolute Gasteiger partial charge is 0.302 e. The van der Waals surface area contributed by atoms with Crippen LogP contribution in [0.15, 0.2) is 49.1 Å². The van der Waals surface area contributed by atoms with E-state index in [9.17, 15) is 17.1 Å². The lowest BCUT2D eigenvalue weighted by atomic mass is 10.1. The van der Waals surface area contributed by atoms with Crippen molar-refractivity contribution in [2.24, 2.45) is 5.92 Å². The summed E-state index contributed by atoms with van der Waals surface area (Å²) in [6.45, 7) is 0.737. The first-order valence-corrected chi connectivity index (χ1v) is 9.20. The SMILES string of the molecule is O=C1CC(CS(=O)(=O)F)CN1C(Cn1ccnc1)c1ccccc1. The Hall–Kier alpha value is -2.22. The number of rotatable bonds is 6. The summed E-state index contributed by atoms with van der Waals surface area (Å²) in [6, 6.07) is 9.27. The van der Waals surface area contributed by atoms with E-state index in [0.717, 1.165) is 5.56 Å². The second kappa shape index (κ2) is 6.72. The van der Waals surface area contributed by atoms with Crippen LogP contribution in [-0.2, 0) is 21.6 Å². The first kappa shape index (κ1) is 16.6. The largest absolute Gasteiger partial charge is 0.335 e. The van der Waals surface area contributed by atoms with Crippen molar-refractivity contribution in [3.8, 4) is 0 Å². The zero-order valence-corrected chi connectivity index (χ0v) is 13.8. The summed E-state index contributed by atoms with van der Waals surface area (Å²) in [6.07, 6.45) is 5.18. The van der Waals surface area contributed by atoms with Gasteiger partial charge in [-0.3, -0.25) is 4.79 Å². The standard InChI is InChI=1S/C16H18FN3O3S/c17-24(22,23)11-13-8-16(21)20(9-13)15(10-19-7-6-18-12-19)14-4-2-1-3-5-14/h1-7,12-13,15H,8-11H2. The third-order valence-corrected chi connectivity index (χ3v) is 5.05. The van der Waals surface area contributed by atoms with Crippen LogP contribution in [0, 0.1) is 5.92 Å². The number of benzene rings is 1. The molecule has 128 valence electrons. The summed E-state index contributed by atoms with van der Waals surface area (Å²) in [7, 11) is -4.59. The van der Waals surface area contributed by atoms with Crippen molar-refractivity contribution < 1.29 is 17.1 Å². The maximum atomic E-state index is 13.0. The first-order chi connectivity index (χ1) is 11.4. The number of carbonyl (C=O) groups is 1. The summed E-state index contributed by atoms with van der Waals surface area (Å²) >= 11 is 0. The van der Waals surface area contributed by atoms with Crippen molar-refractivity contribution >= 4 is 16.1 Å². The Kier molecular flexibility index (Phi) is 4.66. The molecular formula is C16H18FN3O3S. The molecule has 1 amide bonds. The molecule has 0 saturated carbocycles. The van der Waals surface area contributed by atoms with Gasteiger partial charge in [0.2, 0.25) is 5.91 Å². The lowest BCUT2D eigenvalue weighted by Gasteiger charge is -2.29. The minimum absolute atomic E-state index is 0.0520. The van der Waals surface area contributed by atoms with Gasteiger partial charge in [0, 0.05) is 37.8 Å². The number of carbonyl (C=O) groups excluding carboxylic acids is 1. The monoisotopic (exact) mass is 351 g/mol. The Morgan fingerprint density at radius 3 is 2.67 bits per heavy atom. The predicted octanol–water partition coefficient (Wildman–Crippen LogP) is 1.77. The number of nitrogens with zero attached hydrogens (tertiary/aromatic N) is 3. The van der Waals surface area contributed by atoms with E-state index in [2.05, 4.69) is 4.98 Å². The van der Waals surface area contributed by atoms with Gasteiger partial charge in [-0.05, 0) is 5.56 Å². The number of halogens is 1. The Bertz CT molecular complexity index is 793. The minimum atomic E-state index is -4.59. The molecule has 0 spiro atoms. The molecule has 2 unspecified atom stereocenters. The molecule has 1 aromatic carbocycles. The van der Waals surface area contributed by atoms with E-state index in [1.807, 2.05) is 34.9 Å². The Morgan fingerprint density at radius 1 is 1.29 bits per heavy atom. The third-order valence-electron chi connectivity index (χ3n) is 4.18. The summed E-state index contributed by atoms with van der Waals surface area (Å²) in [5, 5.41) is 0. The van der Waals surface area contributed by atoms with Gasteiger partial charge in [0.1, 0.15) is 0 Å². The van der Waals surface area contributed by atoms with Crippen LogP contribution >= 0.6 is 0 Å². The fraction of sp³-hybridized carbons (Fsp3) is 0.375. The molecule has 2 heterocycles. The van der Waals surface area contributed by atoms with E-state index in [0.29, 0.717) is 6.54 Å². The van der Waals surface area contributed by atoms with E-state index in [-0.39, 0.29) is 24.9 Å². The van der Waals surface area contributed by atoms with Crippen molar-refractivity contribution in [3.05, 3.63) is 54.6 Å². The fourth-order valence-electron chi connectivity index (χ4n) is 3.16. The van der Waals surface area contributed by atoms with Crippen LogP contribution in [-0.4, -0.2) is 41.1 Å². The van der Waals surface area contributed by atoms with E-state index in [4.69, 9.17) is 0 Å². The molecule has 2 atom stereocenters. The zero-order valence-electron chi connectivity index (χ0n) is 13.0. The molecule has 1 aliphatic heterocycles. The molecular weight excluding hydrogens is 333 g/mol. The molecule has 0 radical (unpaired) electrons. The van der Waals surface area contributed by atoms with Crippen LogP contribution < -0.4 is 0 Å². The average Bonchev–Trinajstić information content (AvgIpc) is 3.14. The van der Waals surface area contributed by atoms with Gasteiger partial charge >= 0.3 is 10.2 Å². The maximum absolute atomic E-state index is 13.0. The van der Waals surface area contributed by atoms with Gasteiger partial charge in [-0.1, -0.05) is 30.3 Å². The fourth-order valence-corrected chi connectivity index (χ4v) is 3.94. The lowest BCUT2D eigenvalue weighted by molar-refractivity contribution is -0.130. The molecule has 1 aromatic heterocycles. The first-order valence-electron chi connectivity index (χ1n) is 7.65. The van der Waals surface area contributed by atoms with Gasteiger partial charge in [-0.2, -0.15) is 8.42 Å². The highest BCUT2D eigenvalue weighted by Gasteiger charge is 2.37. The van der Waals surface area contributed by atoms with Gasteiger partial charge in [-0.15, -0.1) is 3.89 Å². The van der Waals surface area contributed by atoms with Gasteiger partial charge in [0.15, 0.2) is 0 Å². The molecule has 1 fully saturated rings. The van der Waals surface area contributed by atoms with Crippen molar-refractivity contribution in [1.82, 2.24) is 14.5 Å². The third kappa shape index (κ3) is 4.00. The van der Waals surface area contributed by atoms with Crippen LogP contribution in [0.5, 0.6) is 0 Å². The molecule has 3 rings (SSSR count). The topological polar surface area (TPSA) is 72.3 Å². The molecule has 8 heteroatoms. The Balaban J connectivity index is 1.84. The minimum Gasteiger partial charge on any atom is -0.335 e. The summed E-state index contributed by atoms with van der Waals surface area (Å²) < 4.78 is 36.6. The second-order valence-corrected chi connectivity index (χ2v) is 7.42. The van der Waals surface area contributed by atoms with Crippen molar-refractivity contribution in [1.29, 1.82) is 0 Å². The van der Waals surface area contributed by atoms with Gasteiger partial charge in [0.25, 0.3) is 0 Å². The summed E-state index contributed by atoms with van der Waals surface area (Å²) in [5.74, 6) is -1.28. The predicted molar refractivity (Wildman–Crippen MR) is 86.1 cm³/mol. The number of amides is 1. The van der Waals surface area contributed by atoms with Crippen LogP contribution in [0.3, 0.4) is 0 Å². The van der Waals surface area contributed by atoms with Crippen LogP contribution in [0.25, 0.3) is 0 Å². The van der Waals surface area contributed by atoms with Crippen molar-refractivity contribution in [2.45, 2.75) is 19.0 Å². The van der Waals surface area contributed by atoms with Crippen molar-refractivity contribution in [2.75, 3.05) is 12.3 Å². The number of likely N-dealkylation sites (tertiary alicyclic amines) is 1. The second-order valence-electron chi connectivity index (χ2n) is 6.01. The molecule has 6 nitrogen and oxygen atoms in total. The van der Waals surface area contributed by atoms with Gasteiger partial charge < -0.3 is 9.47 Å². The zero-order chi connectivity index (χ0) is 17.2. The van der Waals surface area contributed by atoms with E-state index >= 15 is 0 Å². The average molecular weight is 351 g/mol. The molecule has 0 bridgehead atoms. The maximum Gasteiger partial charge on any atom is 0.302 e. The van der Waals surface area contributed by atoms with E-state index < -0.39 is 21.9 Å². The molecule has 24 heavy (non-hydrogen) atoms. The quantitative estimate of drug-likeness (QED) is 0.744. The van der Waals surface area contributed by atoms with E-state index in [1.54, 1.807) is 23.6 Å². The Labute approximate surface area is 140 Å². The Morgan fingerprint density at radius 2 is 2.04 bits per heavy atom. The van der Waals surface area contributed by atoms with E-state index in [1.165, 1.54) is 0 Å². The highest BCUT2D eigenvalue weighted by atomic mass is 32.3. The number of imidazole rings is 1. The molecule has 0 N–H and O–H groups in total. The summed E-state index contributed by atoms with van der Waals surface area (Å²) in [5.41, 5.74) is 0.948. The van der Waals surface area contributed by atoms with Crippen molar-refractivity contribution in [3.63, 3.8) is 0 Å². The normalized spacial score (nSPS) is 19.6.